The van der Waals surface area contributed by atoms with E-state index >= 15 is 0 Å². The molecule has 0 saturated carbocycles. The molecule has 0 radical (unpaired) electrons. The summed E-state index contributed by atoms with van der Waals surface area (Å²) < 4.78 is 25.1. The molecule has 1 amide bonds. The molecule has 0 aromatic heterocycles. The minimum atomic E-state index is -0.589. The number of carbonyl (C=O) groups is 1. The van der Waals surface area contributed by atoms with Crippen molar-refractivity contribution in [3.63, 3.8) is 0 Å². The number of anilines is 1. The molecule has 0 spiro atoms. The van der Waals surface area contributed by atoms with Gasteiger partial charge >= 0.3 is 0 Å². The van der Waals surface area contributed by atoms with Crippen LogP contribution in [0, 0.1) is 5.82 Å². The third-order valence-electron chi connectivity index (χ3n) is 3.76. The average molecular weight is 350 g/mol. The number of benzene rings is 2. The van der Waals surface area contributed by atoms with Crippen LogP contribution < -0.4 is 10.1 Å². The van der Waals surface area contributed by atoms with Gasteiger partial charge in [-0.3, -0.25) is 4.79 Å². The van der Waals surface area contributed by atoms with Crippen LogP contribution in [0.25, 0.3) is 0 Å². The summed E-state index contributed by atoms with van der Waals surface area (Å²) in [5.41, 5.74) is 0.406. The first-order valence-corrected chi connectivity index (χ1v) is 8.11. The van der Waals surface area contributed by atoms with Crippen LogP contribution in [0.2, 0.25) is 5.02 Å². The molecule has 1 atom stereocenters. The molecule has 2 aromatic carbocycles. The predicted octanol–water partition coefficient (Wildman–Crippen LogP) is 4.29. The van der Waals surface area contributed by atoms with E-state index in [0.717, 1.165) is 25.5 Å². The van der Waals surface area contributed by atoms with E-state index < -0.39 is 11.7 Å². The number of carbonyl (C=O) groups excluding carboxylic acids is 1. The van der Waals surface area contributed by atoms with Crippen molar-refractivity contribution >= 4 is 23.2 Å². The summed E-state index contributed by atoms with van der Waals surface area (Å²) in [7, 11) is 0. The van der Waals surface area contributed by atoms with E-state index in [1.165, 1.54) is 12.1 Å². The number of hydrogen-bond acceptors (Lipinski definition) is 3. The molecule has 0 aliphatic carbocycles. The molecule has 1 aliphatic rings. The third kappa shape index (κ3) is 4.04. The molecular weight excluding hydrogens is 333 g/mol. The highest BCUT2D eigenvalue weighted by Gasteiger charge is 2.19. The summed E-state index contributed by atoms with van der Waals surface area (Å²) in [4.78, 5) is 12.4. The Balaban J connectivity index is 1.72. The van der Waals surface area contributed by atoms with Gasteiger partial charge in [-0.25, -0.2) is 4.39 Å². The molecule has 1 heterocycles. The van der Waals surface area contributed by atoms with E-state index in [2.05, 4.69) is 5.32 Å². The van der Waals surface area contributed by atoms with E-state index in [-0.39, 0.29) is 16.8 Å². The molecule has 3 rings (SSSR count). The van der Waals surface area contributed by atoms with Crippen LogP contribution in [0.5, 0.6) is 5.75 Å². The van der Waals surface area contributed by atoms with Gasteiger partial charge in [0.1, 0.15) is 18.2 Å². The van der Waals surface area contributed by atoms with Gasteiger partial charge < -0.3 is 14.8 Å². The van der Waals surface area contributed by atoms with Gasteiger partial charge in [0.15, 0.2) is 0 Å². The third-order valence-corrected chi connectivity index (χ3v) is 3.99. The molecule has 4 nitrogen and oxygen atoms in total. The van der Waals surface area contributed by atoms with Crippen molar-refractivity contribution in [2.24, 2.45) is 0 Å². The number of ether oxygens (including phenoxy) is 2. The Kier molecular flexibility index (Phi) is 5.33. The molecule has 2 aromatic rings. The van der Waals surface area contributed by atoms with Gasteiger partial charge in [0.05, 0.1) is 17.4 Å². The van der Waals surface area contributed by atoms with Crippen molar-refractivity contribution in [2.45, 2.75) is 18.9 Å². The second-order valence-electron chi connectivity index (χ2n) is 5.52. The fraction of sp³-hybridized carbons (Fsp3) is 0.278. The van der Waals surface area contributed by atoms with Crippen molar-refractivity contribution in [3.8, 4) is 5.75 Å². The van der Waals surface area contributed by atoms with E-state index in [1.54, 1.807) is 24.3 Å². The van der Waals surface area contributed by atoms with E-state index in [4.69, 9.17) is 21.1 Å². The summed E-state index contributed by atoms with van der Waals surface area (Å²) in [6.45, 7) is 1.13. The molecule has 1 saturated heterocycles. The van der Waals surface area contributed by atoms with Gasteiger partial charge in [-0.2, -0.15) is 0 Å². The van der Waals surface area contributed by atoms with Crippen molar-refractivity contribution in [2.75, 3.05) is 18.5 Å². The average Bonchev–Trinajstić information content (AvgIpc) is 3.09. The van der Waals surface area contributed by atoms with Gasteiger partial charge in [-0.15, -0.1) is 0 Å². The molecule has 0 bridgehead atoms. The van der Waals surface area contributed by atoms with E-state index in [9.17, 15) is 9.18 Å². The van der Waals surface area contributed by atoms with Crippen LogP contribution in [0.3, 0.4) is 0 Å². The van der Waals surface area contributed by atoms with Gasteiger partial charge in [0.2, 0.25) is 0 Å². The highest BCUT2D eigenvalue weighted by molar-refractivity contribution is 6.30. The van der Waals surface area contributed by atoms with Crippen LogP contribution in [-0.4, -0.2) is 25.2 Å². The van der Waals surface area contributed by atoms with Gasteiger partial charge in [0, 0.05) is 11.6 Å². The lowest BCUT2D eigenvalue weighted by Crippen LogP contribution is -2.19. The summed E-state index contributed by atoms with van der Waals surface area (Å²) in [6.07, 6.45) is 2.02. The Morgan fingerprint density at radius 2 is 2.17 bits per heavy atom. The molecule has 6 heteroatoms. The fourth-order valence-electron chi connectivity index (χ4n) is 2.52. The summed E-state index contributed by atoms with van der Waals surface area (Å²) >= 11 is 5.71. The SMILES string of the molecule is O=C(Nc1ccc(Cl)cc1F)c1ccccc1OC[C@H]1CCCO1. The number of halogens is 2. The molecule has 1 fully saturated rings. The predicted molar refractivity (Wildman–Crippen MR) is 90.3 cm³/mol. The van der Waals surface area contributed by atoms with Crippen LogP contribution in [-0.2, 0) is 4.74 Å². The lowest BCUT2D eigenvalue weighted by Gasteiger charge is -2.14. The number of rotatable bonds is 5. The Morgan fingerprint density at radius 1 is 1.33 bits per heavy atom. The second kappa shape index (κ2) is 7.64. The first kappa shape index (κ1) is 16.7. The zero-order chi connectivity index (χ0) is 16.9. The Labute approximate surface area is 144 Å². The van der Waals surface area contributed by atoms with Gasteiger partial charge in [-0.1, -0.05) is 23.7 Å². The summed E-state index contributed by atoms with van der Waals surface area (Å²) in [5.74, 6) is -0.590. The van der Waals surface area contributed by atoms with E-state index in [1.807, 2.05) is 0 Å². The highest BCUT2D eigenvalue weighted by Crippen LogP contribution is 2.23. The fourth-order valence-corrected chi connectivity index (χ4v) is 2.68. The molecule has 1 aliphatic heterocycles. The van der Waals surface area contributed by atoms with Crippen LogP contribution in [0.4, 0.5) is 10.1 Å². The Morgan fingerprint density at radius 3 is 2.92 bits per heavy atom. The topological polar surface area (TPSA) is 47.6 Å². The maximum Gasteiger partial charge on any atom is 0.259 e. The molecule has 24 heavy (non-hydrogen) atoms. The van der Waals surface area contributed by atoms with Crippen molar-refractivity contribution in [1.82, 2.24) is 0 Å². The van der Waals surface area contributed by atoms with Crippen molar-refractivity contribution in [3.05, 3.63) is 58.9 Å². The molecule has 1 N–H and O–H groups in total. The van der Waals surface area contributed by atoms with Crippen molar-refractivity contribution in [1.29, 1.82) is 0 Å². The Hall–Kier alpha value is -2.11. The molecular formula is C18H17ClFNO3. The smallest absolute Gasteiger partial charge is 0.259 e. The van der Waals surface area contributed by atoms with E-state index in [0.29, 0.717) is 17.9 Å². The highest BCUT2D eigenvalue weighted by atomic mass is 35.5. The van der Waals surface area contributed by atoms with Crippen LogP contribution in [0.15, 0.2) is 42.5 Å². The zero-order valence-electron chi connectivity index (χ0n) is 12.9. The van der Waals surface area contributed by atoms with Crippen LogP contribution in [0.1, 0.15) is 23.2 Å². The number of para-hydroxylation sites is 1. The zero-order valence-corrected chi connectivity index (χ0v) is 13.7. The minimum Gasteiger partial charge on any atom is -0.490 e. The monoisotopic (exact) mass is 349 g/mol. The second-order valence-corrected chi connectivity index (χ2v) is 5.96. The summed E-state index contributed by atoms with van der Waals surface area (Å²) in [6, 6.07) is 10.9. The first-order valence-electron chi connectivity index (χ1n) is 7.73. The quantitative estimate of drug-likeness (QED) is 0.876. The Bertz CT molecular complexity index is 732. The largest absolute Gasteiger partial charge is 0.490 e. The normalized spacial score (nSPS) is 16.8. The molecule has 126 valence electrons. The maximum atomic E-state index is 13.8. The van der Waals surface area contributed by atoms with Crippen LogP contribution >= 0.6 is 11.6 Å². The molecule has 0 unspecified atom stereocenters. The van der Waals surface area contributed by atoms with Crippen molar-refractivity contribution < 1.29 is 18.7 Å². The first-order chi connectivity index (χ1) is 11.6. The maximum absolute atomic E-state index is 13.8. The lowest BCUT2D eigenvalue weighted by atomic mass is 10.1. The van der Waals surface area contributed by atoms with Gasteiger partial charge in [-0.05, 0) is 43.2 Å². The number of hydrogen-bond donors (Lipinski definition) is 1. The minimum absolute atomic E-state index is 0.0508. The number of amides is 1. The standard InChI is InChI=1S/C18H17ClFNO3/c19-12-7-8-16(15(20)10-12)21-18(22)14-5-1-2-6-17(14)24-11-13-4-3-9-23-13/h1-2,5-8,10,13H,3-4,9,11H2,(H,21,22)/t13-/m1/s1. The summed E-state index contributed by atoms with van der Waals surface area (Å²) in [5, 5.41) is 2.81. The number of nitrogens with one attached hydrogen (secondary N) is 1. The lowest BCUT2D eigenvalue weighted by molar-refractivity contribution is 0.0673. The van der Waals surface area contributed by atoms with Gasteiger partial charge in [0.25, 0.3) is 5.91 Å².